The number of rotatable bonds is 6. The molecule has 0 bridgehead atoms. The van der Waals surface area contributed by atoms with Crippen LogP contribution in [0.3, 0.4) is 0 Å². The van der Waals surface area contributed by atoms with Crippen LogP contribution in [0.25, 0.3) is 0 Å². The van der Waals surface area contributed by atoms with E-state index in [1.54, 1.807) is 0 Å². The molecule has 1 heterocycles. The second-order valence-corrected chi connectivity index (χ2v) is 5.02. The highest BCUT2D eigenvalue weighted by Gasteiger charge is 2.14. The Morgan fingerprint density at radius 3 is 2.71 bits per heavy atom. The van der Waals surface area contributed by atoms with Gasteiger partial charge >= 0.3 is 0 Å². The highest BCUT2D eigenvalue weighted by atomic mass is 35.5. The van der Waals surface area contributed by atoms with Crippen LogP contribution < -0.4 is 10.9 Å². The molecular formula is C15H18ClN3O2. The molecule has 0 aliphatic carbocycles. The van der Waals surface area contributed by atoms with Crippen LogP contribution in [0.15, 0.2) is 41.3 Å². The van der Waals surface area contributed by atoms with Gasteiger partial charge in [0.05, 0.1) is 31.1 Å². The molecule has 0 radical (unpaired) electrons. The van der Waals surface area contributed by atoms with Crippen molar-refractivity contribution >= 4 is 17.3 Å². The number of halogens is 1. The molecule has 0 saturated heterocycles. The zero-order valence-corrected chi connectivity index (χ0v) is 12.5. The fraction of sp³-hybridized carbons (Fsp3) is 0.333. The predicted octanol–water partition coefficient (Wildman–Crippen LogP) is 2.45. The van der Waals surface area contributed by atoms with Crippen LogP contribution in [-0.4, -0.2) is 21.5 Å². The van der Waals surface area contributed by atoms with E-state index in [2.05, 4.69) is 17.3 Å². The second-order valence-electron chi connectivity index (χ2n) is 4.64. The zero-order chi connectivity index (χ0) is 15.2. The van der Waals surface area contributed by atoms with Gasteiger partial charge in [0.2, 0.25) is 0 Å². The topological polar surface area (TPSA) is 67.2 Å². The van der Waals surface area contributed by atoms with Crippen LogP contribution in [0.5, 0.6) is 0 Å². The maximum absolute atomic E-state index is 12.0. The van der Waals surface area contributed by atoms with Crippen LogP contribution in [-0.2, 0) is 6.54 Å². The molecule has 0 amide bonds. The lowest BCUT2D eigenvalue weighted by molar-refractivity contribution is 0.266. The minimum absolute atomic E-state index is 0.0543. The van der Waals surface area contributed by atoms with E-state index in [4.69, 9.17) is 16.7 Å². The minimum Gasteiger partial charge on any atom is -0.394 e. The summed E-state index contributed by atoms with van der Waals surface area (Å²) in [6.45, 7) is 2.03. The summed E-state index contributed by atoms with van der Waals surface area (Å²) in [6.07, 6.45) is 2.37. The lowest BCUT2D eigenvalue weighted by Crippen LogP contribution is -2.26. The SMILES string of the molecule is CCC(Nc1cnn(CCO)c(=O)c1Cl)c1ccccc1. The molecule has 112 valence electrons. The van der Waals surface area contributed by atoms with Gasteiger partial charge in [0.1, 0.15) is 5.02 Å². The number of aliphatic hydroxyl groups is 1. The summed E-state index contributed by atoms with van der Waals surface area (Å²) >= 11 is 6.11. The fourth-order valence-corrected chi connectivity index (χ4v) is 2.31. The quantitative estimate of drug-likeness (QED) is 0.860. The van der Waals surface area contributed by atoms with Gasteiger partial charge in [-0.15, -0.1) is 0 Å². The molecule has 1 aromatic heterocycles. The van der Waals surface area contributed by atoms with Gasteiger partial charge in [-0.25, -0.2) is 4.68 Å². The lowest BCUT2D eigenvalue weighted by atomic mass is 10.0. The van der Waals surface area contributed by atoms with Crippen LogP contribution in [0, 0.1) is 0 Å². The van der Waals surface area contributed by atoms with Crippen LogP contribution in [0.4, 0.5) is 5.69 Å². The molecule has 1 unspecified atom stereocenters. The maximum Gasteiger partial charge on any atom is 0.287 e. The Morgan fingerprint density at radius 2 is 2.10 bits per heavy atom. The van der Waals surface area contributed by atoms with Crippen LogP contribution >= 0.6 is 11.6 Å². The standard InChI is InChI=1S/C15H18ClN3O2/c1-2-12(11-6-4-3-5-7-11)18-13-10-17-19(8-9-20)15(21)14(13)16/h3-7,10,12,18,20H,2,8-9H2,1H3. The third-order valence-electron chi connectivity index (χ3n) is 3.24. The van der Waals surface area contributed by atoms with E-state index in [0.717, 1.165) is 16.7 Å². The Balaban J connectivity index is 2.26. The fourth-order valence-electron chi connectivity index (χ4n) is 2.11. The molecule has 1 aromatic carbocycles. The van der Waals surface area contributed by atoms with Crippen molar-refractivity contribution in [3.8, 4) is 0 Å². The van der Waals surface area contributed by atoms with Crippen molar-refractivity contribution in [1.29, 1.82) is 0 Å². The number of anilines is 1. The number of hydrogen-bond acceptors (Lipinski definition) is 4. The number of hydrogen-bond donors (Lipinski definition) is 2. The highest BCUT2D eigenvalue weighted by Crippen LogP contribution is 2.25. The first-order valence-electron chi connectivity index (χ1n) is 6.85. The normalized spacial score (nSPS) is 12.1. The summed E-state index contributed by atoms with van der Waals surface area (Å²) in [7, 11) is 0. The van der Waals surface area contributed by atoms with Gasteiger partial charge in [-0.05, 0) is 12.0 Å². The zero-order valence-electron chi connectivity index (χ0n) is 11.8. The van der Waals surface area contributed by atoms with Gasteiger partial charge in [0.25, 0.3) is 5.56 Å². The van der Waals surface area contributed by atoms with E-state index >= 15 is 0 Å². The first kappa shape index (κ1) is 15.5. The van der Waals surface area contributed by atoms with Gasteiger partial charge in [-0.3, -0.25) is 4.79 Å². The van der Waals surface area contributed by atoms with Gasteiger partial charge < -0.3 is 10.4 Å². The molecule has 1 atom stereocenters. The number of aliphatic hydroxyl groups excluding tert-OH is 1. The average molecular weight is 308 g/mol. The van der Waals surface area contributed by atoms with Gasteiger partial charge in [0, 0.05) is 0 Å². The molecule has 0 fully saturated rings. The Hall–Kier alpha value is -1.85. The Morgan fingerprint density at radius 1 is 1.38 bits per heavy atom. The Bertz CT molecular complexity index is 643. The summed E-state index contributed by atoms with van der Waals surface area (Å²) in [5.41, 5.74) is 1.22. The molecule has 21 heavy (non-hydrogen) atoms. The molecule has 0 saturated carbocycles. The maximum atomic E-state index is 12.0. The monoisotopic (exact) mass is 307 g/mol. The number of benzene rings is 1. The summed E-state index contributed by atoms with van der Waals surface area (Å²) in [5.74, 6) is 0. The molecule has 2 N–H and O–H groups in total. The second kappa shape index (κ2) is 7.24. The van der Waals surface area contributed by atoms with Crippen LogP contribution in [0.2, 0.25) is 5.02 Å². The third-order valence-corrected chi connectivity index (χ3v) is 3.60. The van der Waals surface area contributed by atoms with E-state index < -0.39 is 5.56 Å². The Kier molecular flexibility index (Phi) is 5.36. The van der Waals surface area contributed by atoms with E-state index in [9.17, 15) is 4.79 Å². The average Bonchev–Trinajstić information content (AvgIpc) is 2.52. The van der Waals surface area contributed by atoms with E-state index in [1.807, 2.05) is 30.3 Å². The van der Waals surface area contributed by atoms with Gasteiger partial charge in [-0.1, -0.05) is 48.9 Å². The molecule has 5 nitrogen and oxygen atoms in total. The molecule has 0 aliphatic rings. The van der Waals surface area contributed by atoms with Crippen molar-refractivity contribution in [3.05, 3.63) is 57.5 Å². The first-order valence-corrected chi connectivity index (χ1v) is 7.23. The molecular weight excluding hydrogens is 290 g/mol. The Labute approximate surface area is 128 Å². The lowest BCUT2D eigenvalue weighted by Gasteiger charge is -2.19. The molecule has 0 spiro atoms. The van der Waals surface area contributed by atoms with Crippen molar-refractivity contribution in [2.45, 2.75) is 25.9 Å². The largest absolute Gasteiger partial charge is 0.394 e. The number of nitrogens with one attached hydrogen (secondary N) is 1. The molecule has 6 heteroatoms. The van der Waals surface area contributed by atoms with Crippen molar-refractivity contribution in [3.63, 3.8) is 0 Å². The van der Waals surface area contributed by atoms with Crippen molar-refractivity contribution in [2.24, 2.45) is 0 Å². The van der Waals surface area contributed by atoms with Crippen molar-refractivity contribution < 1.29 is 5.11 Å². The molecule has 2 aromatic rings. The molecule has 0 aliphatic heterocycles. The predicted molar refractivity (Wildman–Crippen MR) is 83.7 cm³/mol. The highest BCUT2D eigenvalue weighted by molar-refractivity contribution is 6.32. The smallest absolute Gasteiger partial charge is 0.287 e. The summed E-state index contributed by atoms with van der Waals surface area (Å²) < 4.78 is 1.15. The minimum atomic E-state index is -0.404. The summed E-state index contributed by atoms with van der Waals surface area (Å²) in [4.78, 5) is 12.0. The van der Waals surface area contributed by atoms with Gasteiger partial charge in [-0.2, -0.15) is 5.10 Å². The van der Waals surface area contributed by atoms with E-state index in [0.29, 0.717) is 5.69 Å². The number of nitrogens with zero attached hydrogens (tertiary/aromatic N) is 2. The van der Waals surface area contributed by atoms with E-state index in [1.165, 1.54) is 6.20 Å². The first-order chi connectivity index (χ1) is 10.2. The van der Waals surface area contributed by atoms with Crippen molar-refractivity contribution in [2.75, 3.05) is 11.9 Å². The number of aromatic nitrogens is 2. The summed E-state index contributed by atoms with van der Waals surface area (Å²) in [6, 6.07) is 10.0. The van der Waals surface area contributed by atoms with Crippen LogP contribution in [0.1, 0.15) is 24.9 Å². The van der Waals surface area contributed by atoms with Crippen molar-refractivity contribution in [1.82, 2.24) is 9.78 Å². The molecule has 2 rings (SSSR count). The van der Waals surface area contributed by atoms with Gasteiger partial charge in [0.15, 0.2) is 0 Å². The summed E-state index contributed by atoms with van der Waals surface area (Å²) in [5, 5.41) is 16.2. The van der Waals surface area contributed by atoms with E-state index in [-0.39, 0.29) is 24.2 Å². The third kappa shape index (κ3) is 3.62.